The summed E-state index contributed by atoms with van der Waals surface area (Å²) in [4.78, 5) is 5.31. The van der Waals surface area contributed by atoms with Gasteiger partial charge in [-0.3, -0.25) is 4.57 Å². The molecule has 0 amide bonds. The second kappa shape index (κ2) is 8.41. The molecule has 0 radical (unpaired) electrons. The molecule has 3 heterocycles. The minimum atomic E-state index is 0.925. The normalized spacial score (nSPS) is 11.7. The summed E-state index contributed by atoms with van der Waals surface area (Å²) >= 11 is 1.85. The number of hydrogen-bond acceptors (Lipinski definition) is 2. The van der Waals surface area contributed by atoms with Gasteiger partial charge in [0.1, 0.15) is 5.82 Å². The third-order valence-electron chi connectivity index (χ3n) is 7.40. The van der Waals surface area contributed by atoms with Crippen LogP contribution in [0.25, 0.3) is 70.2 Å². The van der Waals surface area contributed by atoms with Crippen molar-refractivity contribution in [2.75, 3.05) is 0 Å². The summed E-state index contributed by atoms with van der Waals surface area (Å²) in [5.74, 6) is 0.925. The Labute approximate surface area is 224 Å². The molecular formula is C35H22N2S. The van der Waals surface area contributed by atoms with Crippen LogP contribution in [0.3, 0.4) is 0 Å². The molecule has 0 atom stereocenters. The average molecular weight is 503 g/mol. The summed E-state index contributed by atoms with van der Waals surface area (Å²) < 4.78 is 4.92. The van der Waals surface area contributed by atoms with E-state index in [1.54, 1.807) is 0 Å². The van der Waals surface area contributed by atoms with E-state index in [0.717, 1.165) is 33.7 Å². The van der Waals surface area contributed by atoms with Crippen molar-refractivity contribution in [3.8, 4) is 28.2 Å². The maximum atomic E-state index is 5.31. The van der Waals surface area contributed by atoms with Crippen molar-refractivity contribution in [1.82, 2.24) is 9.55 Å². The Morgan fingerprint density at radius 3 is 1.84 bits per heavy atom. The minimum absolute atomic E-state index is 0.925. The number of hydrogen-bond donors (Lipinski definition) is 0. The molecule has 0 saturated heterocycles. The molecule has 5 aromatic carbocycles. The van der Waals surface area contributed by atoms with E-state index in [1.165, 1.54) is 36.5 Å². The van der Waals surface area contributed by atoms with Crippen molar-refractivity contribution in [2.45, 2.75) is 0 Å². The first-order valence-corrected chi connectivity index (χ1v) is 13.6. The molecule has 0 spiro atoms. The predicted molar refractivity (Wildman–Crippen MR) is 162 cm³/mol. The SMILES string of the molecule is c1ccc(-c2cc(-c3ccc4sc5ccccc5c4c3)nc(-n3c4ccccc4c4ccccc43)c2)cc1. The van der Waals surface area contributed by atoms with E-state index in [0.29, 0.717) is 0 Å². The highest BCUT2D eigenvalue weighted by atomic mass is 32.1. The van der Waals surface area contributed by atoms with Gasteiger partial charge in [0.05, 0.1) is 16.7 Å². The second-order valence-corrected chi connectivity index (χ2v) is 10.7. The third kappa shape index (κ3) is 3.29. The van der Waals surface area contributed by atoms with Crippen molar-refractivity contribution in [2.24, 2.45) is 0 Å². The topological polar surface area (TPSA) is 17.8 Å². The summed E-state index contributed by atoms with van der Waals surface area (Å²) in [7, 11) is 0. The van der Waals surface area contributed by atoms with Crippen molar-refractivity contribution in [1.29, 1.82) is 0 Å². The number of pyridine rings is 1. The lowest BCUT2D eigenvalue weighted by molar-refractivity contribution is 1.08. The average Bonchev–Trinajstić information content (AvgIpc) is 3.53. The van der Waals surface area contributed by atoms with Crippen LogP contribution in [-0.2, 0) is 0 Å². The highest BCUT2D eigenvalue weighted by Crippen LogP contribution is 2.38. The molecule has 0 unspecified atom stereocenters. The van der Waals surface area contributed by atoms with Gasteiger partial charge in [-0.1, -0.05) is 91.0 Å². The highest BCUT2D eigenvalue weighted by Gasteiger charge is 2.16. The zero-order valence-corrected chi connectivity index (χ0v) is 21.3. The van der Waals surface area contributed by atoms with Gasteiger partial charge < -0.3 is 0 Å². The molecule has 0 aliphatic heterocycles. The second-order valence-electron chi connectivity index (χ2n) is 9.64. The van der Waals surface area contributed by atoms with Crippen molar-refractivity contribution in [3.63, 3.8) is 0 Å². The van der Waals surface area contributed by atoms with Crippen LogP contribution in [0.2, 0.25) is 0 Å². The molecule has 178 valence electrons. The maximum Gasteiger partial charge on any atom is 0.138 e. The van der Waals surface area contributed by atoms with Crippen LogP contribution in [0.15, 0.2) is 133 Å². The molecular weight excluding hydrogens is 480 g/mol. The van der Waals surface area contributed by atoms with E-state index in [-0.39, 0.29) is 0 Å². The molecule has 8 aromatic rings. The first-order valence-electron chi connectivity index (χ1n) is 12.8. The number of thiophene rings is 1. The van der Waals surface area contributed by atoms with Crippen LogP contribution < -0.4 is 0 Å². The zero-order valence-electron chi connectivity index (χ0n) is 20.5. The lowest BCUT2D eigenvalue weighted by atomic mass is 10.0. The smallest absolute Gasteiger partial charge is 0.138 e. The van der Waals surface area contributed by atoms with Crippen LogP contribution in [-0.4, -0.2) is 9.55 Å². The van der Waals surface area contributed by atoms with Gasteiger partial charge >= 0.3 is 0 Å². The predicted octanol–water partition coefficient (Wildman–Crippen LogP) is 9.88. The highest BCUT2D eigenvalue weighted by molar-refractivity contribution is 7.25. The number of aromatic nitrogens is 2. The van der Waals surface area contributed by atoms with Crippen LogP contribution in [0.1, 0.15) is 0 Å². The Morgan fingerprint density at radius 2 is 1.08 bits per heavy atom. The third-order valence-corrected chi connectivity index (χ3v) is 8.55. The molecule has 0 aliphatic carbocycles. The molecule has 0 N–H and O–H groups in total. The van der Waals surface area contributed by atoms with Crippen molar-refractivity contribution in [3.05, 3.63) is 133 Å². The Bertz CT molecular complexity index is 2080. The number of nitrogens with zero attached hydrogens (tertiary/aromatic N) is 2. The Hall–Kier alpha value is -4.73. The summed E-state index contributed by atoms with van der Waals surface area (Å²) in [6.07, 6.45) is 0. The molecule has 0 bridgehead atoms. The number of fused-ring (bicyclic) bond motifs is 6. The van der Waals surface area contributed by atoms with Crippen LogP contribution in [0, 0.1) is 0 Å². The lowest BCUT2D eigenvalue weighted by Crippen LogP contribution is -2.00. The van der Waals surface area contributed by atoms with Gasteiger partial charge in [-0.05, 0) is 53.6 Å². The summed E-state index contributed by atoms with van der Waals surface area (Å²) in [6, 6.07) is 47.7. The number of rotatable bonds is 3. The Balaban J connectivity index is 1.43. The van der Waals surface area contributed by atoms with E-state index >= 15 is 0 Å². The maximum absolute atomic E-state index is 5.31. The standard InChI is InChI=1S/C35H22N2S/c1-2-10-23(11-3-1)25-21-30(24-18-19-34-29(20-24)28-14-6-9-17-33(28)38-34)36-35(22-25)37-31-15-7-4-12-26(31)27-13-5-8-16-32(27)37/h1-22H. The van der Waals surface area contributed by atoms with Gasteiger partial charge in [-0.2, -0.15) is 0 Å². The van der Waals surface area contributed by atoms with Crippen molar-refractivity contribution < 1.29 is 0 Å². The summed E-state index contributed by atoms with van der Waals surface area (Å²) in [5.41, 5.74) is 6.76. The fourth-order valence-corrected chi connectivity index (χ4v) is 6.72. The Kier molecular flexibility index (Phi) is 4.73. The summed E-state index contributed by atoms with van der Waals surface area (Å²) in [5, 5.41) is 5.06. The van der Waals surface area contributed by atoms with Gasteiger partial charge in [-0.15, -0.1) is 11.3 Å². The van der Waals surface area contributed by atoms with Gasteiger partial charge in [0.2, 0.25) is 0 Å². The van der Waals surface area contributed by atoms with Gasteiger partial charge in [0.15, 0.2) is 0 Å². The molecule has 2 nitrogen and oxygen atoms in total. The monoisotopic (exact) mass is 502 g/mol. The molecule has 38 heavy (non-hydrogen) atoms. The molecule has 0 saturated carbocycles. The summed E-state index contributed by atoms with van der Waals surface area (Å²) in [6.45, 7) is 0. The van der Waals surface area contributed by atoms with Gasteiger partial charge in [-0.25, -0.2) is 4.98 Å². The molecule has 0 fully saturated rings. The molecule has 3 heteroatoms. The van der Waals surface area contributed by atoms with E-state index in [2.05, 4.69) is 138 Å². The van der Waals surface area contributed by atoms with Crippen LogP contribution in [0.5, 0.6) is 0 Å². The quantitative estimate of drug-likeness (QED) is 0.235. The van der Waals surface area contributed by atoms with E-state index in [4.69, 9.17) is 4.98 Å². The Morgan fingerprint density at radius 1 is 0.447 bits per heavy atom. The minimum Gasteiger partial charge on any atom is -0.294 e. The number of para-hydroxylation sites is 2. The lowest BCUT2D eigenvalue weighted by Gasteiger charge is -2.13. The molecule has 0 aliphatic rings. The zero-order chi connectivity index (χ0) is 25.1. The van der Waals surface area contributed by atoms with Gasteiger partial charge in [0.25, 0.3) is 0 Å². The van der Waals surface area contributed by atoms with Crippen LogP contribution in [0.4, 0.5) is 0 Å². The van der Waals surface area contributed by atoms with E-state index < -0.39 is 0 Å². The van der Waals surface area contributed by atoms with Crippen LogP contribution >= 0.6 is 11.3 Å². The fraction of sp³-hybridized carbons (Fsp3) is 0. The fourth-order valence-electron chi connectivity index (χ4n) is 5.63. The first-order chi connectivity index (χ1) is 18.8. The largest absolute Gasteiger partial charge is 0.294 e. The molecule has 3 aromatic heterocycles. The number of benzene rings is 5. The van der Waals surface area contributed by atoms with Gasteiger partial charge in [0, 0.05) is 36.5 Å². The van der Waals surface area contributed by atoms with E-state index in [9.17, 15) is 0 Å². The molecule has 8 rings (SSSR count). The van der Waals surface area contributed by atoms with Crippen molar-refractivity contribution >= 4 is 53.3 Å². The van der Waals surface area contributed by atoms with E-state index in [1.807, 2.05) is 11.3 Å². The first kappa shape index (κ1) is 21.4.